The van der Waals surface area contributed by atoms with Crippen molar-refractivity contribution in [2.75, 3.05) is 5.75 Å². The molecule has 0 unspecified atom stereocenters. The summed E-state index contributed by atoms with van der Waals surface area (Å²) in [7, 11) is -5.50. The first kappa shape index (κ1) is 30.8. The summed E-state index contributed by atoms with van der Waals surface area (Å²) in [6.07, 6.45) is -12.6. The van der Waals surface area contributed by atoms with E-state index in [0.717, 1.165) is 11.1 Å². The molecule has 0 aliphatic heterocycles. The van der Waals surface area contributed by atoms with Crippen LogP contribution >= 0.6 is 0 Å². The number of benzene rings is 2. The Morgan fingerprint density at radius 2 is 1.00 bits per heavy atom. The van der Waals surface area contributed by atoms with Gasteiger partial charge in [0.2, 0.25) is 0 Å². The van der Waals surface area contributed by atoms with E-state index in [4.69, 9.17) is 2.51 Å². The summed E-state index contributed by atoms with van der Waals surface area (Å²) < 4.78 is 110. The number of hydrogen-bond acceptors (Lipinski definition) is 4. The minimum Gasteiger partial charge on any atom is -0.373 e. The molecule has 12 heteroatoms. The molecule has 0 aliphatic rings. The van der Waals surface area contributed by atoms with Crippen LogP contribution in [0.25, 0.3) is 0 Å². The third-order valence-electron chi connectivity index (χ3n) is 5.30. The van der Waals surface area contributed by atoms with E-state index in [1.54, 1.807) is 48.5 Å². The van der Waals surface area contributed by atoms with Crippen LogP contribution in [0.5, 0.6) is 0 Å². The first-order valence-electron chi connectivity index (χ1n) is 10.7. The van der Waals surface area contributed by atoms with Crippen molar-refractivity contribution in [3.63, 3.8) is 0 Å². The lowest BCUT2D eigenvalue weighted by atomic mass is 9.87. The van der Waals surface area contributed by atoms with Gasteiger partial charge in [0.25, 0.3) is 5.60 Å². The third-order valence-corrected chi connectivity index (χ3v) is 12.8. The SMILES string of the molecule is CC(C)(C)c1ccc([I+](OS(=O)(=O)CC(O)(C(F)(F)F)C(F)(F)F)c2ccc(C(C)(C)C)cc2)cc1. The van der Waals surface area contributed by atoms with Crippen molar-refractivity contribution in [1.29, 1.82) is 0 Å². The first-order chi connectivity index (χ1) is 16.0. The van der Waals surface area contributed by atoms with Crippen molar-refractivity contribution in [3.05, 3.63) is 66.8 Å². The number of aliphatic hydroxyl groups is 1. The lowest BCUT2D eigenvalue weighted by molar-refractivity contribution is -1.03. The Morgan fingerprint density at radius 1 is 0.694 bits per heavy atom. The van der Waals surface area contributed by atoms with Gasteiger partial charge in [-0.05, 0) is 48.7 Å². The van der Waals surface area contributed by atoms with E-state index in [1.807, 2.05) is 41.5 Å². The highest BCUT2D eigenvalue weighted by atomic mass is 127. The first-order valence-corrected chi connectivity index (χ1v) is 15.3. The average molecular weight is 654 g/mol. The molecule has 0 amide bonds. The summed E-state index contributed by atoms with van der Waals surface area (Å²) in [6, 6.07) is 13.1. The van der Waals surface area contributed by atoms with Gasteiger partial charge in [-0.2, -0.15) is 34.8 Å². The van der Waals surface area contributed by atoms with Gasteiger partial charge in [-0.15, -0.1) is 0 Å². The molecule has 0 aliphatic carbocycles. The molecule has 0 saturated heterocycles. The molecule has 2 aromatic carbocycles. The van der Waals surface area contributed by atoms with Gasteiger partial charge in [-0.25, -0.2) is 0 Å². The molecule has 203 valence electrons. The molecule has 36 heavy (non-hydrogen) atoms. The number of hydrogen-bond donors (Lipinski definition) is 1. The predicted octanol–water partition coefficient (Wildman–Crippen LogP) is 3.06. The van der Waals surface area contributed by atoms with Crippen LogP contribution in [0.15, 0.2) is 48.5 Å². The molecule has 0 saturated carbocycles. The van der Waals surface area contributed by atoms with Crippen molar-refractivity contribution in [1.82, 2.24) is 0 Å². The Morgan fingerprint density at radius 3 is 1.25 bits per heavy atom. The monoisotopic (exact) mass is 654 g/mol. The van der Waals surface area contributed by atoms with E-state index < -0.39 is 54.1 Å². The fourth-order valence-corrected chi connectivity index (χ4v) is 10.3. The van der Waals surface area contributed by atoms with Gasteiger partial charge in [0.15, 0.2) is 7.14 Å². The van der Waals surface area contributed by atoms with Crippen LogP contribution in [-0.2, 0) is 23.5 Å². The zero-order chi connectivity index (χ0) is 28.0. The van der Waals surface area contributed by atoms with Crippen molar-refractivity contribution in [2.45, 2.75) is 70.3 Å². The molecule has 4 nitrogen and oxygen atoms in total. The van der Waals surface area contributed by atoms with Crippen molar-refractivity contribution < 1.29 is 62.6 Å². The van der Waals surface area contributed by atoms with Gasteiger partial charge in [0.05, 0.1) is 0 Å². The zero-order valence-corrected chi connectivity index (χ0v) is 23.5. The lowest BCUT2D eigenvalue weighted by Crippen LogP contribution is -3.85. The van der Waals surface area contributed by atoms with E-state index in [0.29, 0.717) is 7.14 Å². The van der Waals surface area contributed by atoms with Crippen LogP contribution < -0.4 is 20.2 Å². The second kappa shape index (κ2) is 10.1. The fraction of sp³-hybridized carbons (Fsp3) is 0.500. The Bertz CT molecular complexity index is 1070. The highest BCUT2D eigenvalue weighted by Crippen LogP contribution is 2.43. The molecule has 0 atom stereocenters. The molecular weight excluding hydrogens is 625 g/mol. The van der Waals surface area contributed by atoms with E-state index in [2.05, 4.69) is 0 Å². The van der Waals surface area contributed by atoms with Gasteiger partial charge in [-0.1, -0.05) is 65.8 Å². The maximum Gasteiger partial charge on any atom is 0.427 e. The average Bonchev–Trinajstić information content (AvgIpc) is 2.69. The normalized spacial score (nSPS) is 14.4. The van der Waals surface area contributed by atoms with E-state index in [9.17, 15) is 39.9 Å². The predicted molar refractivity (Wildman–Crippen MR) is 120 cm³/mol. The van der Waals surface area contributed by atoms with Gasteiger partial charge >= 0.3 is 42.7 Å². The van der Waals surface area contributed by atoms with Gasteiger partial charge in [-0.3, -0.25) is 0 Å². The Balaban J connectivity index is 2.57. The van der Waals surface area contributed by atoms with Gasteiger partial charge in [0.1, 0.15) is 5.75 Å². The van der Waals surface area contributed by atoms with Crippen LogP contribution in [0.1, 0.15) is 52.7 Å². The smallest absolute Gasteiger partial charge is 0.373 e. The highest BCUT2D eigenvalue weighted by molar-refractivity contribution is 7.86. The molecule has 0 spiro atoms. The summed E-state index contributed by atoms with van der Waals surface area (Å²) in [5.41, 5.74) is -4.22. The maximum absolute atomic E-state index is 13.1. The second-order valence-electron chi connectivity index (χ2n) is 10.4. The summed E-state index contributed by atoms with van der Waals surface area (Å²) in [6.45, 7) is 11.7. The molecule has 1 N–H and O–H groups in total. The van der Waals surface area contributed by atoms with Crippen LogP contribution in [0.4, 0.5) is 26.3 Å². The van der Waals surface area contributed by atoms with Crippen molar-refractivity contribution >= 4 is 10.1 Å². The summed E-state index contributed by atoms with van der Waals surface area (Å²) >= 11 is -3.59. The summed E-state index contributed by atoms with van der Waals surface area (Å²) in [5, 5.41) is 9.43. The Kier molecular flexibility index (Phi) is 8.62. The Hall–Kier alpha value is -1.38. The standard InChI is InChI=1S/C24H29F6IO4S/c1-20(2,3)16-7-11-18(12-8-16)31(19-13-9-17(10-14-19)21(4,5)6)35-36(33,34)15-22(32,23(25,26)27)24(28,29)30/h7-14,32H,15H2,1-6H3/q+1. The molecule has 0 heterocycles. The van der Waals surface area contributed by atoms with Crippen LogP contribution in [-0.4, -0.2) is 37.2 Å². The summed E-state index contributed by atoms with van der Waals surface area (Å²) in [5.74, 6) is -2.71. The molecule has 0 fully saturated rings. The highest BCUT2D eigenvalue weighted by Gasteiger charge is 2.72. The third kappa shape index (κ3) is 7.13. The molecule has 2 rings (SSSR count). The maximum atomic E-state index is 13.1. The molecular formula is C24H29F6IO4S+. The van der Waals surface area contributed by atoms with Crippen LogP contribution in [0, 0.1) is 7.14 Å². The van der Waals surface area contributed by atoms with E-state index >= 15 is 0 Å². The topological polar surface area (TPSA) is 63.6 Å². The summed E-state index contributed by atoms with van der Waals surface area (Å²) in [4.78, 5) is 0. The quantitative estimate of drug-likeness (QED) is 0.385. The lowest BCUT2D eigenvalue weighted by Gasteiger charge is -2.31. The molecule has 0 bridgehead atoms. The van der Waals surface area contributed by atoms with Gasteiger partial charge in [0, 0.05) is 0 Å². The van der Waals surface area contributed by atoms with Crippen molar-refractivity contribution in [2.24, 2.45) is 0 Å². The largest absolute Gasteiger partial charge is 0.427 e. The van der Waals surface area contributed by atoms with Crippen molar-refractivity contribution in [3.8, 4) is 0 Å². The zero-order valence-electron chi connectivity index (χ0n) is 20.6. The minimum atomic E-state index is -6.29. The fourth-order valence-electron chi connectivity index (χ4n) is 3.03. The van der Waals surface area contributed by atoms with E-state index in [-0.39, 0.29) is 10.8 Å². The second-order valence-corrected chi connectivity index (χ2v) is 16.9. The van der Waals surface area contributed by atoms with Crippen LogP contribution in [0.3, 0.4) is 0 Å². The van der Waals surface area contributed by atoms with Gasteiger partial charge < -0.3 is 5.11 Å². The minimum absolute atomic E-state index is 0.255. The Labute approximate surface area is 215 Å². The van der Waals surface area contributed by atoms with Crippen LogP contribution in [0.2, 0.25) is 0 Å². The van der Waals surface area contributed by atoms with E-state index in [1.165, 1.54) is 0 Å². The molecule has 0 aromatic heterocycles. The molecule has 1 radical (unpaired) electrons. The number of alkyl halides is 6. The molecule has 2 aromatic rings. The number of halogens is 7. The number of rotatable bonds is 6.